The van der Waals surface area contributed by atoms with E-state index in [2.05, 4.69) is 85.4 Å². The van der Waals surface area contributed by atoms with E-state index in [4.69, 9.17) is 0 Å². The summed E-state index contributed by atoms with van der Waals surface area (Å²) in [4.78, 5) is 9.39. The molecular weight excluding hydrogens is 346 g/mol. The van der Waals surface area contributed by atoms with Crippen molar-refractivity contribution in [1.29, 1.82) is 0 Å². The van der Waals surface area contributed by atoms with Gasteiger partial charge in [-0.05, 0) is 49.0 Å². The third-order valence-corrected chi connectivity index (χ3v) is 5.94. The highest BCUT2D eigenvalue weighted by atomic mass is 15.3. The number of aromatic nitrogens is 2. The van der Waals surface area contributed by atoms with E-state index in [9.17, 15) is 0 Å². The van der Waals surface area contributed by atoms with Gasteiger partial charge < -0.3 is 4.90 Å². The number of nitrogens with zero attached hydrogens (tertiary/aromatic N) is 4. The van der Waals surface area contributed by atoms with Crippen LogP contribution in [0.25, 0.3) is 5.65 Å². The van der Waals surface area contributed by atoms with Crippen LogP contribution in [0.5, 0.6) is 0 Å². The second-order valence-electron chi connectivity index (χ2n) is 7.81. The van der Waals surface area contributed by atoms with Gasteiger partial charge in [-0.2, -0.15) is 0 Å². The zero-order valence-corrected chi connectivity index (χ0v) is 16.2. The van der Waals surface area contributed by atoms with Crippen molar-refractivity contribution in [1.82, 2.24) is 19.6 Å². The van der Waals surface area contributed by atoms with Crippen LogP contribution in [0, 0.1) is 0 Å². The lowest BCUT2D eigenvalue weighted by Gasteiger charge is -2.32. The summed E-state index contributed by atoms with van der Waals surface area (Å²) in [5.41, 5.74) is 3.85. The highest BCUT2D eigenvalue weighted by molar-refractivity contribution is 5.54. The minimum absolute atomic E-state index is 0.627. The summed E-state index contributed by atoms with van der Waals surface area (Å²) in [5.74, 6) is 1.75. The first-order chi connectivity index (χ1) is 13.9. The zero-order valence-electron chi connectivity index (χ0n) is 16.2. The Morgan fingerprint density at radius 1 is 1.04 bits per heavy atom. The number of hydrogen-bond donors (Lipinski definition) is 1. The molecule has 1 aromatic carbocycles. The molecule has 5 nitrogen and oxygen atoms in total. The number of piperidine rings is 1. The molecule has 3 aromatic rings. The molecule has 1 saturated heterocycles. The van der Waals surface area contributed by atoms with Gasteiger partial charge in [-0.3, -0.25) is 14.6 Å². The van der Waals surface area contributed by atoms with Crippen molar-refractivity contribution >= 4 is 11.5 Å². The number of fused-ring (bicyclic) bond motifs is 1. The van der Waals surface area contributed by atoms with Crippen LogP contribution in [0.3, 0.4) is 0 Å². The lowest BCUT2D eigenvalue weighted by molar-refractivity contribution is 0.204. The number of anilines is 1. The molecule has 2 aliphatic heterocycles. The van der Waals surface area contributed by atoms with E-state index >= 15 is 0 Å². The molecule has 2 aliphatic rings. The van der Waals surface area contributed by atoms with Crippen molar-refractivity contribution in [2.24, 2.45) is 0 Å². The van der Waals surface area contributed by atoms with Crippen LogP contribution in [0.15, 0.2) is 67.1 Å². The lowest BCUT2D eigenvalue weighted by Crippen LogP contribution is -2.34. The first-order valence-corrected chi connectivity index (χ1v) is 10.2. The number of nitrogens with one attached hydrogen (secondary N) is 1. The molecule has 0 amide bonds. The minimum atomic E-state index is 0.627. The molecule has 0 bridgehead atoms. The number of imidazole rings is 1. The SMILES string of the molecule is C1=CN(c2cnc3ccc(C4CCN(Cc5ccccc5)CC4)cn23)CNC1. The fourth-order valence-electron chi connectivity index (χ4n) is 4.36. The van der Waals surface area contributed by atoms with Gasteiger partial charge in [0.05, 0.1) is 12.9 Å². The van der Waals surface area contributed by atoms with Crippen molar-refractivity contribution < 1.29 is 0 Å². The molecule has 0 aliphatic carbocycles. The van der Waals surface area contributed by atoms with Crippen molar-refractivity contribution in [3.63, 3.8) is 0 Å². The Hall–Kier alpha value is -2.63. The van der Waals surface area contributed by atoms with E-state index < -0.39 is 0 Å². The van der Waals surface area contributed by atoms with Crippen LogP contribution in [-0.4, -0.2) is 40.6 Å². The van der Waals surface area contributed by atoms with E-state index in [0.29, 0.717) is 5.92 Å². The fourth-order valence-corrected chi connectivity index (χ4v) is 4.36. The normalized spacial score (nSPS) is 18.8. The van der Waals surface area contributed by atoms with Gasteiger partial charge >= 0.3 is 0 Å². The van der Waals surface area contributed by atoms with Crippen LogP contribution in [0.2, 0.25) is 0 Å². The van der Waals surface area contributed by atoms with Gasteiger partial charge in [0.2, 0.25) is 0 Å². The van der Waals surface area contributed by atoms with Crippen molar-refractivity contribution in [2.45, 2.75) is 25.3 Å². The van der Waals surface area contributed by atoms with Crippen molar-refractivity contribution in [3.05, 3.63) is 78.3 Å². The smallest absolute Gasteiger partial charge is 0.138 e. The zero-order chi connectivity index (χ0) is 18.8. The van der Waals surface area contributed by atoms with E-state index in [0.717, 1.165) is 44.3 Å². The second kappa shape index (κ2) is 7.78. The van der Waals surface area contributed by atoms with Gasteiger partial charge in [0, 0.05) is 25.5 Å². The Labute approximate surface area is 166 Å². The van der Waals surface area contributed by atoms with E-state index in [-0.39, 0.29) is 0 Å². The van der Waals surface area contributed by atoms with Crippen LogP contribution < -0.4 is 10.2 Å². The predicted octanol–water partition coefficient (Wildman–Crippen LogP) is 3.59. The predicted molar refractivity (Wildman–Crippen MR) is 113 cm³/mol. The Balaban J connectivity index is 1.30. The maximum absolute atomic E-state index is 4.59. The average molecular weight is 374 g/mol. The monoisotopic (exact) mass is 373 g/mol. The summed E-state index contributed by atoms with van der Waals surface area (Å²) in [6, 6.07) is 15.2. The molecule has 2 aromatic heterocycles. The molecule has 5 rings (SSSR count). The van der Waals surface area contributed by atoms with Gasteiger partial charge in [-0.15, -0.1) is 0 Å². The number of hydrogen-bond acceptors (Lipinski definition) is 4. The molecule has 1 fully saturated rings. The van der Waals surface area contributed by atoms with Crippen LogP contribution >= 0.6 is 0 Å². The molecule has 0 unspecified atom stereocenters. The van der Waals surface area contributed by atoms with Crippen LogP contribution in [0.4, 0.5) is 5.82 Å². The van der Waals surface area contributed by atoms with Crippen molar-refractivity contribution in [2.75, 3.05) is 31.2 Å². The van der Waals surface area contributed by atoms with Gasteiger partial charge in [0.25, 0.3) is 0 Å². The molecule has 0 saturated carbocycles. The molecule has 4 heterocycles. The third kappa shape index (κ3) is 3.55. The molecule has 1 N–H and O–H groups in total. The van der Waals surface area contributed by atoms with E-state index in [1.807, 2.05) is 6.20 Å². The molecule has 0 atom stereocenters. The molecule has 5 heteroatoms. The van der Waals surface area contributed by atoms with Gasteiger partial charge in [0.1, 0.15) is 11.5 Å². The summed E-state index contributed by atoms with van der Waals surface area (Å²) >= 11 is 0. The summed E-state index contributed by atoms with van der Waals surface area (Å²) in [5, 5.41) is 3.38. The Morgan fingerprint density at radius 2 is 1.89 bits per heavy atom. The number of rotatable bonds is 4. The minimum Gasteiger partial charge on any atom is -0.320 e. The molecule has 144 valence electrons. The first kappa shape index (κ1) is 17.5. The maximum Gasteiger partial charge on any atom is 0.138 e. The van der Waals surface area contributed by atoms with Crippen LogP contribution in [-0.2, 0) is 6.54 Å². The number of likely N-dealkylation sites (tertiary alicyclic amines) is 1. The summed E-state index contributed by atoms with van der Waals surface area (Å²) in [6.07, 6.45) is 11.0. The Bertz CT molecular complexity index is 954. The fraction of sp³-hybridized carbons (Fsp3) is 0.348. The Morgan fingerprint density at radius 3 is 2.68 bits per heavy atom. The van der Waals surface area contributed by atoms with E-state index in [1.165, 1.54) is 24.0 Å². The van der Waals surface area contributed by atoms with Crippen molar-refractivity contribution in [3.8, 4) is 0 Å². The summed E-state index contributed by atoms with van der Waals surface area (Å²) in [6.45, 7) is 5.14. The third-order valence-electron chi connectivity index (χ3n) is 5.94. The summed E-state index contributed by atoms with van der Waals surface area (Å²) < 4.78 is 2.24. The highest BCUT2D eigenvalue weighted by Crippen LogP contribution is 2.30. The maximum atomic E-state index is 4.59. The number of pyridine rings is 1. The molecular formula is C23H27N5. The average Bonchev–Trinajstić information content (AvgIpc) is 3.19. The molecule has 28 heavy (non-hydrogen) atoms. The Kier molecular flexibility index (Phi) is 4.85. The van der Waals surface area contributed by atoms with Crippen LogP contribution in [0.1, 0.15) is 29.9 Å². The first-order valence-electron chi connectivity index (χ1n) is 10.2. The quantitative estimate of drug-likeness (QED) is 0.758. The van der Waals surface area contributed by atoms with Gasteiger partial charge in [0.15, 0.2) is 0 Å². The second-order valence-corrected chi connectivity index (χ2v) is 7.81. The van der Waals surface area contributed by atoms with Gasteiger partial charge in [-0.1, -0.05) is 42.5 Å². The lowest BCUT2D eigenvalue weighted by atomic mass is 9.90. The van der Waals surface area contributed by atoms with Gasteiger partial charge in [-0.25, -0.2) is 4.98 Å². The summed E-state index contributed by atoms with van der Waals surface area (Å²) in [7, 11) is 0. The molecule has 0 radical (unpaired) electrons. The molecule has 0 spiro atoms. The topological polar surface area (TPSA) is 35.8 Å². The standard InChI is InChI=1S/C23H27N5/c1-2-5-19(6-3-1)16-26-13-9-20(10-14-26)21-7-8-22-25-15-23(28(22)17-21)27-12-4-11-24-18-27/h1-8,12,15,17,20,24H,9-11,13-14,16,18H2. The highest BCUT2D eigenvalue weighted by Gasteiger charge is 2.22. The largest absolute Gasteiger partial charge is 0.320 e. The number of benzene rings is 1. The van der Waals surface area contributed by atoms with E-state index in [1.54, 1.807) is 0 Å².